The van der Waals surface area contributed by atoms with Crippen LogP contribution in [0.25, 0.3) is 0 Å². The van der Waals surface area contributed by atoms with Crippen LogP contribution in [0.2, 0.25) is 5.04 Å². The first-order valence-corrected chi connectivity index (χ1v) is 16.8. The van der Waals surface area contributed by atoms with Crippen molar-refractivity contribution >= 4 is 24.4 Å². The molecule has 3 unspecified atom stereocenters. The molecule has 1 saturated heterocycles. The molecule has 0 aromatic heterocycles. The highest BCUT2D eigenvalue weighted by Gasteiger charge is 2.50. The summed E-state index contributed by atoms with van der Waals surface area (Å²) in [6, 6.07) is 30.8. The fourth-order valence-electron chi connectivity index (χ4n) is 6.46. The van der Waals surface area contributed by atoms with Crippen molar-refractivity contribution in [3.63, 3.8) is 0 Å². The minimum absolute atomic E-state index is 0.0362. The maximum Gasteiger partial charge on any atom is 0.261 e. The Morgan fingerprint density at radius 3 is 1.81 bits per heavy atom. The number of morpholine rings is 1. The van der Waals surface area contributed by atoms with Crippen molar-refractivity contribution in [3.8, 4) is 0 Å². The molecule has 0 spiro atoms. The van der Waals surface area contributed by atoms with E-state index in [9.17, 15) is 5.11 Å². The lowest BCUT2D eigenvalue weighted by atomic mass is 9.97. The maximum atomic E-state index is 16.3. The first kappa shape index (κ1) is 31.1. The number of aliphatic hydroxyl groups excluding tert-OH is 1. The van der Waals surface area contributed by atoms with Gasteiger partial charge in [-0.15, -0.1) is 0 Å². The molecule has 1 N–H and O–H groups in total. The van der Waals surface area contributed by atoms with E-state index in [4.69, 9.17) is 9.16 Å². The molecule has 0 radical (unpaired) electrons. The fraction of sp³-hybridized carbons (Fsp3) is 0.333. The zero-order valence-electron chi connectivity index (χ0n) is 25.6. The van der Waals surface area contributed by atoms with Crippen molar-refractivity contribution in [2.75, 3.05) is 18.0 Å². The van der Waals surface area contributed by atoms with Gasteiger partial charge in [-0.3, -0.25) is 0 Å². The van der Waals surface area contributed by atoms with E-state index in [0.29, 0.717) is 24.2 Å². The average Bonchev–Trinajstić information content (AvgIpc) is 2.99. The van der Waals surface area contributed by atoms with Crippen molar-refractivity contribution in [1.29, 1.82) is 0 Å². The molecule has 0 bridgehead atoms. The van der Waals surface area contributed by atoms with Gasteiger partial charge in [0.2, 0.25) is 0 Å². The van der Waals surface area contributed by atoms with Gasteiger partial charge in [0.15, 0.2) is 11.6 Å². The Hall–Kier alpha value is -3.36. The minimum atomic E-state index is -2.99. The predicted octanol–water partition coefficient (Wildman–Crippen LogP) is 6.74. The SMILES string of the molecule is CC1CN(c2c(CO[Si](c3ccccc3)(c3ccccc3)C(C)(C)C)cc(C(O)c3ccccc3)c(F)c2F)CC(C)O1. The van der Waals surface area contributed by atoms with Gasteiger partial charge in [-0.25, -0.2) is 8.78 Å². The number of halogens is 2. The summed E-state index contributed by atoms with van der Waals surface area (Å²) in [7, 11) is -2.99. The number of hydrogen-bond acceptors (Lipinski definition) is 4. The molecule has 0 saturated carbocycles. The van der Waals surface area contributed by atoms with Gasteiger partial charge < -0.3 is 19.2 Å². The van der Waals surface area contributed by atoms with Crippen LogP contribution in [0, 0.1) is 11.6 Å². The standard InChI is InChI=1S/C36H41F2NO3Si/c1-25-22-39(23-26(2)42-25)34-28(21-31(32(37)33(34)38)35(40)27-15-9-6-10-16-27)24-41-43(36(3,4)5,29-17-11-7-12-18-29)30-19-13-8-14-20-30/h6-21,25-26,35,40H,22-24H2,1-5H3. The fourth-order valence-corrected chi connectivity index (χ4v) is 11.0. The molecule has 226 valence electrons. The van der Waals surface area contributed by atoms with Gasteiger partial charge in [0.05, 0.1) is 24.5 Å². The van der Waals surface area contributed by atoms with Gasteiger partial charge in [-0.05, 0) is 40.9 Å². The Bertz CT molecular complexity index is 1460. The molecule has 1 heterocycles. The summed E-state index contributed by atoms with van der Waals surface area (Å²) in [4.78, 5) is 1.86. The van der Waals surface area contributed by atoms with Crippen LogP contribution in [0.15, 0.2) is 97.1 Å². The first-order chi connectivity index (χ1) is 20.5. The summed E-state index contributed by atoms with van der Waals surface area (Å²) >= 11 is 0. The normalized spacial score (nSPS) is 18.5. The van der Waals surface area contributed by atoms with E-state index >= 15 is 8.78 Å². The highest BCUT2D eigenvalue weighted by atomic mass is 28.4. The summed E-state index contributed by atoms with van der Waals surface area (Å²) in [5.74, 6) is -2.03. The molecule has 5 rings (SSSR count). The smallest absolute Gasteiger partial charge is 0.261 e. The van der Waals surface area contributed by atoms with Gasteiger partial charge >= 0.3 is 0 Å². The van der Waals surface area contributed by atoms with Crippen LogP contribution >= 0.6 is 0 Å². The number of rotatable bonds is 8. The quantitative estimate of drug-likeness (QED) is 0.227. The number of hydrogen-bond donors (Lipinski definition) is 1. The number of anilines is 1. The van der Waals surface area contributed by atoms with Crippen LogP contribution in [-0.4, -0.2) is 38.7 Å². The van der Waals surface area contributed by atoms with Crippen LogP contribution in [-0.2, 0) is 15.8 Å². The molecular formula is C36H41F2NO3Si. The second-order valence-corrected chi connectivity index (χ2v) is 16.8. The van der Waals surface area contributed by atoms with E-state index < -0.39 is 26.1 Å². The highest BCUT2D eigenvalue weighted by molar-refractivity contribution is 6.99. The van der Waals surface area contributed by atoms with Gasteiger partial charge in [0, 0.05) is 24.2 Å². The van der Waals surface area contributed by atoms with Crippen molar-refractivity contribution in [2.45, 2.75) is 64.6 Å². The monoisotopic (exact) mass is 601 g/mol. The third-order valence-corrected chi connectivity index (χ3v) is 13.3. The largest absolute Gasteiger partial charge is 0.403 e. The van der Waals surface area contributed by atoms with Crippen LogP contribution in [0.3, 0.4) is 0 Å². The van der Waals surface area contributed by atoms with Crippen LogP contribution < -0.4 is 15.3 Å². The lowest BCUT2D eigenvalue weighted by Gasteiger charge is -2.43. The number of aliphatic hydroxyl groups is 1. The Labute approximate surface area is 255 Å². The van der Waals surface area contributed by atoms with Gasteiger partial charge in [0.25, 0.3) is 8.32 Å². The zero-order chi connectivity index (χ0) is 30.8. The van der Waals surface area contributed by atoms with Crippen LogP contribution in [0.4, 0.5) is 14.5 Å². The third-order valence-electron chi connectivity index (χ3n) is 8.29. The Balaban J connectivity index is 1.67. The Morgan fingerprint density at radius 1 is 0.837 bits per heavy atom. The Morgan fingerprint density at radius 2 is 1.33 bits per heavy atom. The summed E-state index contributed by atoms with van der Waals surface area (Å²) in [6.07, 6.45) is -1.66. The van der Waals surface area contributed by atoms with Gasteiger partial charge in [-0.1, -0.05) is 112 Å². The molecule has 3 atom stereocenters. The van der Waals surface area contributed by atoms with E-state index in [1.807, 2.05) is 61.2 Å². The molecule has 7 heteroatoms. The van der Waals surface area contributed by atoms with Crippen molar-refractivity contribution in [2.24, 2.45) is 0 Å². The van der Waals surface area contributed by atoms with E-state index in [1.165, 1.54) is 0 Å². The lowest BCUT2D eigenvalue weighted by molar-refractivity contribution is -0.00554. The van der Waals surface area contributed by atoms with E-state index in [2.05, 4.69) is 45.0 Å². The second-order valence-electron chi connectivity index (χ2n) is 12.5. The third kappa shape index (κ3) is 6.18. The van der Waals surface area contributed by atoms with E-state index in [-0.39, 0.29) is 35.1 Å². The number of nitrogens with zero attached hydrogens (tertiary/aromatic N) is 1. The molecule has 43 heavy (non-hydrogen) atoms. The molecule has 4 aromatic rings. The average molecular weight is 602 g/mol. The van der Waals surface area contributed by atoms with Gasteiger partial charge in [-0.2, -0.15) is 0 Å². The molecule has 1 aliphatic rings. The first-order valence-electron chi connectivity index (χ1n) is 14.9. The molecular weight excluding hydrogens is 560 g/mol. The number of ether oxygens (including phenoxy) is 1. The molecule has 4 nitrogen and oxygen atoms in total. The molecule has 0 aliphatic carbocycles. The Kier molecular flexibility index (Phi) is 9.18. The maximum absolute atomic E-state index is 16.3. The van der Waals surface area contributed by atoms with E-state index in [0.717, 1.165) is 10.4 Å². The van der Waals surface area contributed by atoms with Gasteiger partial charge in [0.1, 0.15) is 6.10 Å². The lowest BCUT2D eigenvalue weighted by Crippen LogP contribution is -2.66. The summed E-state index contributed by atoms with van der Waals surface area (Å²) < 4.78 is 45.3. The van der Waals surface area contributed by atoms with Crippen molar-refractivity contribution in [3.05, 3.63) is 125 Å². The second kappa shape index (κ2) is 12.7. The molecule has 1 fully saturated rings. The van der Waals surface area contributed by atoms with Crippen molar-refractivity contribution in [1.82, 2.24) is 0 Å². The predicted molar refractivity (Wildman–Crippen MR) is 171 cm³/mol. The number of benzene rings is 4. The topological polar surface area (TPSA) is 41.9 Å². The zero-order valence-corrected chi connectivity index (χ0v) is 26.6. The molecule has 0 amide bonds. The minimum Gasteiger partial charge on any atom is -0.403 e. The van der Waals surface area contributed by atoms with Crippen LogP contribution in [0.5, 0.6) is 0 Å². The van der Waals surface area contributed by atoms with Crippen LogP contribution in [0.1, 0.15) is 57.4 Å². The van der Waals surface area contributed by atoms with E-state index in [1.54, 1.807) is 30.3 Å². The summed E-state index contributed by atoms with van der Waals surface area (Å²) in [5.41, 5.74) is 1.04. The molecule has 1 aliphatic heterocycles. The summed E-state index contributed by atoms with van der Waals surface area (Å²) in [5, 5.41) is 13.1. The summed E-state index contributed by atoms with van der Waals surface area (Å²) in [6.45, 7) is 11.3. The molecule has 4 aromatic carbocycles. The highest BCUT2D eigenvalue weighted by Crippen LogP contribution is 2.40. The van der Waals surface area contributed by atoms with Crippen molar-refractivity contribution < 1.29 is 23.1 Å².